The van der Waals surface area contributed by atoms with Gasteiger partial charge in [-0.3, -0.25) is 9.13 Å². The molecule has 0 N–H and O–H groups in total. The highest BCUT2D eigenvalue weighted by Gasteiger charge is 2.34. The number of nitrogens with zero attached hydrogens (tertiary/aromatic N) is 8. The largest absolute Gasteiger partial charge is 0.442 e. The average Bonchev–Trinajstić information content (AvgIpc) is 3.86. The van der Waals surface area contributed by atoms with Crippen LogP contribution in [0.2, 0.25) is 26.2 Å². The summed E-state index contributed by atoms with van der Waals surface area (Å²) in [4.78, 5) is 28.7. The lowest BCUT2D eigenvalue weighted by Crippen LogP contribution is -2.45. The van der Waals surface area contributed by atoms with Crippen LogP contribution in [-0.4, -0.2) is 55.7 Å². The quantitative estimate of drug-likeness (QED) is 0.208. The third-order valence-electron chi connectivity index (χ3n) is 8.59. The number of hydrogen-bond donors (Lipinski definition) is 0. The fourth-order valence-corrected chi connectivity index (χ4v) is 8.77. The highest BCUT2D eigenvalue weighted by atomic mass is 28.4. The van der Waals surface area contributed by atoms with Crippen LogP contribution in [0.1, 0.15) is 11.5 Å². The summed E-state index contributed by atoms with van der Waals surface area (Å²) >= 11 is 0. The van der Waals surface area contributed by atoms with E-state index in [-0.39, 0.29) is 6.61 Å². The zero-order valence-corrected chi connectivity index (χ0v) is 27.6. The van der Waals surface area contributed by atoms with Crippen molar-refractivity contribution >= 4 is 71.6 Å². The number of benzene rings is 2. The molecule has 8 bridgehead atoms. The lowest BCUT2D eigenvalue weighted by molar-refractivity contribution is 0.260. The van der Waals surface area contributed by atoms with Crippen molar-refractivity contribution in [1.29, 1.82) is 0 Å². The number of imidazole rings is 2. The molecule has 46 heavy (non-hydrogen) atoms. The van der Waals surface area contributed by atoms with Crippen LogP contribution in [0, 0.1) is 0 Å². The molecule has 228 valence electrons. The van der Waals surface area contributed by atoms with E-state index in [2.05, 4.69) is 42.2 Å². The molecule has 0 unspecified atom stereocenters. The minimum atomic E-state index is -2.65. The molecule has 0 fully saturated rings. The van der Waals surface area contributed by atoms with E-state index in [0.29, 0.717) is 40.2 Å². The van der Waals surface area contributed by atoms with Gasteiger partial charge in [0.05, 0.1) is 17.6 Å². The summed E-state index contributed by atoms with van der Waals surface area (Å²) in [5, 5.41) is 1.08. The van der Waals surface area contributed by atoms with Gasteiger partial charge in [0.1, 0.15) is 53.0 Å². The van der Waals surface area contributed by atoms with E-state index in [9.17, 15) is 0 Å². The minimum Gasteiger partial charge on any atom is -0.442 e. The summed E-state index contributed by atoms with van der Waals surface area (Å²) in [6, 6.07) is 15.8. The third kappa shape index (κ3) is 4.25. The first kappa shape index (κ1) is 27.3. The zero-order chi connectivity index (χ0) is 31.2. The lowest BCUT2D eigenvalue weighted by atomic mass is 10.2. The SMILES string of the molecule is C[Si]1(C)OCc2ccc(nc2)-n2cnc3ccc4oc(nc4c32)CO[Si](C)(C)c2nc3c(ccc4ncn(c43)-c3ccc1cn3)o2. The smallest absolute Gasteiger partial charge is 0.283 e. The van der Waals surface area contributed by atoms with Gasteiger partial charge in [0.15, 0.2) is 16.7 Å². The number of pyridine rings is 2. The molecule has 0 aliphatic carbocycles. The van der Waals surface area contributed by atoms with E-state index < -0.39 is 16.6 Å². The Bertz CT molecular complexity index is 2440. The molecule has 9 heterocycles. The Morgan fingerprint density at radius 2 is 1.24 bits per heavy atom. The van der Waals surface area contributed by atoms with Crippen molar-refractivity contribution in [2.45, 2.75) is 39.4 Å². The average molecular weight is 645 g/mol. The van der Waals surface area contributed by atoms with Crippen LogP contribution in [0.25, 0.3) is 55.9 Å². The molecule has 0 atom stereocenters. The van der Waals surface area contributed by atoms with Crippen LogP contribution in [0.5, 0.6) is 0 Å². The Labute approximate surface area is 263 Å². The molecule has 3 aliphatic heterocycles. The summed E-state index contributed by atoms with van der Waals surface area (Å²) in [5.74, 6) is 1.92. The minimum absolute atomic E-state index is 0.165. The van der Waals surface area contributed by atoms with Crippen molar-refractivity contribution in [2.24, 2.45) is 0 Å². The van der Waals surface area contributed by atoms with Gasteiger partial charge in [0, 0.05) is 12.4 Å². The van der Waals surface area contributed by atoms with Crippen molar-refractivity contribution in [2.75, 3.05) is 0 Å². The first-order chi connectivity index (χ1) is 22.2. The van der Waals surface area contributed by atoms with Crippen molar-refractivity contribution < 1.29 is 17.7 Å². The van der Waals surface area contributed by atoms with Crippen LogP contribution in [-0.2, 0) is 22.1 Å². The highest BCUT2D eigenvalue weighted by molar-refractivity contribution is 6.84. The molecule has 12 nitrogen and oxygen atoms in total. The van der Waals surface area contributed by atoms with Crippen molar-refractivity contribution in [3.8, 4) is 11.6 Å². The molecular formula is C32H28N8O4Si2. The van der Waals surface area contributed by atoms with Crippen LogP contribution in [0.3, 0.4) is 0 Å². The van der Waals surface area contributed by atoms with Crippen molar-refractivity contribution in [3.05, 3.63) is 85.0 Å². The van der Waals surface area contributed by atoms with Gasteiger partial charge in [-0.1, -0.05) is 12.1 Å². The topological polar surface area (TPSA) is 132 Å². The zero-order valence-electron chi connectivity index (χ0n) is 25.6. The standard InChI is InChI=1S/C32H28N8O4Si2/c1-45(2)20-6-12-26(34-14-20)40-18-36-22-8-10-24-29(31(22)40)38-32(44-24)46(3,4)42-16-27-37-28-23(43-27)9-7-21-30(28)39(17-35-21)25-11-5-19(13-33-25)15-41-45/h5-14,17-18H,15-16H2,1-4H3. The Morgan fingerprint density at radius 3 is 1.89 bits per heavy atom. The van der Waals surface area contributed by atoms with Crippen LogP contribution in [0.15, 0.2) is 82.4 Å². The maximum Gasteiger partial charge on any atom is 0.283 e. The fraction of sp³-hybridized carbons (Fsp3) is 0.188. The van der Waals surface area contributed by atoms with Gasteiger partial charge >= 0.3 is 0 Å². The third-order valence-corrected chi connectivity index (χ3v) is 13.3. The first-order valence-corrected chi connectivity index (χ1v) is 20.8. The van der Waals surface area contributed by atoms with E-state index in [1.807, 2.05) is 64.0 Å². The molecule has 14 heteroatoms. The second-order valence-electron chi connectivity index (χ2n) is 12.4. The van der Waals surface area contributed by atoms with E-state index in [1.54, 1.807) is 12.7 Å². The highest BCUT2D eigenvalue weighted by Crippen LogP contribution is 2.29. The van der Waals surface area contributed by atoms with Gasteiger partial charge in [-0.25, -0.2) is 29.9 Å². The van der Waals surface area contributed by atoms with Gasteiger partial charge in [-0.05, 0) is 73.3 Å². The van der Waals surface area contributed by atoms with Crippen LogP contribution >= 0.6 is 0 Å². The molecule has 8 aromatic rings. The molecule has 2 aromatic carbocycles. The number of fused-ring (bicyclic) bond motifs is 2. The molecule has 0 saturated carbocycles. The lowest BCUT2D eigenvalue weighted by Gasteiger charge is -2.23. The molecule has 0 amide bonds. The maximum atomic E-state index is 6.53. The first-order valence-electron chi connectivity index (χ1n) is 15.0. The summed E-state index contributed by atoms with van der Waals surface area (Å²) in [5.41, 5.74) is 7.50. The summed E-state index contributed by atoms with van der Waals surface area (Å²) in [6.45, 7) is 9.05. The second kappa shape index (κ2) is 9.74. The monoisotopic (exact) mass is 644 g/mol. The van der Waals surface area contributed by atoms with E-state index >= 15 is 0 Å². The molecule has 0 spiro atoms. The van der Waals surface area contributed by atoms with Gasteiger partial charge in [-0.15, -0.1) is 0 Å². The van der Waals surface area contributed by atoms with E-state index in [4.69, 9.17) is 37.6 Å². The normalized spacial score (nSPS) is 16.3. The van der Waals surface area contributed by atoms with Crippen molar-refractivity contribution in [3.63, 3.8) is 0 Å². The number of aromatic nitrogens is 8. The molecule has 6 aromatic heterocycles. The van der Waals surface area contributed by atoms with E-state index in [0.717, 1.165) is 44.5 Å². The molecular weight excluding hydrogens is 617 g/mol. The molecule has 11 rings (SSSR count). The van der Waals surface area contributed by atoms with Crippen LogP contribution in [0.4, 0.5) is 0 Å². The van der Waals surface area contributed by atoms with Gasteiger partial charge < -0.3 is 17.7 Å². The number of oxazole rings is 2. The molecule has 3 aliphatic rings. The second-order valence-corrected chi connectivity index (χ2v) is 20.1. The van der Waals surface area contributed by atoms with Gasteiger partial charge in [0.2, 0.25) is 14.2 Å². The maximum absolute atomic E-state index is 6.53. The predicted molar refractivity (Wildman–Crippen MR) is 177 cm³/mol. The van der Waals surface area contributed by atoms with Crippen LogP contribution < -0.4 is 10.7 Å². The fourth-order valence-electron chi connectivity index (χ4n) is 5.87. The predicted octanol–water partition coefficient (Wildman–Crippen LogP) is 5.01. The Kier molecular flexibility index (Phi) is 5.78. The summed E-state index contributed by atoms with van der Waals surface area (Å²) in [7, 11) is -4.94. The Hall–Kier alpha value is -5.03. The summed E-state index contributed by atoms with van der Waals surface area (Å²) in [6.07, 6.45) is 7.29. The van der Waals surface area contributed by atoms with Crippen molar-refractivity contribution in [1.82, 2.24) is 39.0 Å². The number of hydrogen-bond acceptors (Lipinski definition) is 10. The van der Waals surface area contributed by atoms with Gasteiger partial charge in [0.25, 0.3) is 8.32 Å². The molecule has 0 radical (unpaired) electrons. The Morgan fingerprint density at radius 1 is 0.609 bits per heavy atom. The van der Waals surface area contributed by atoms with E-state index in [1.165, 1.54) is 0 Å². The summed E-state index contributed by atoms with van der Waals surface area (Å²) < 4.78 is 29.4. The van der Waals surface area contributed by atoms with Gasteiger partial charge in [-0.2, -0.15) is 0 Å². The molecule has 0 saturated heterocycles. The Balaban J connectivity index is 1.20. The number of rotatable bonds is 0.